The van der Waals surface area contributed by atoms with E-state index in [0.717, 1.165) is 0 Å². The first-order chi connectivity index (χ1) is 5.86. The van der Waals surface area contributed by atoms with Gasteiger partial charge in [0.05, 0.1) is 6.61 Å². The molecule has 0 aromatic heterocycles. The van der Waals surface area contributed by atoms with Crippen LogP contribution >= 0.6 is 8.25 Å². The third-order valence-electron chi connectivity index (χ3n) is 0.759. The zero-order valence-electron chi connectivity index (χ0n) is 7.44. The first-order valence-electron chi connectivity index (χ1n) is 3.41. The van der Waals surface area contributed by atoms with Crippen LogP contribution in [0, 0.1) is 0 Å². The number of ether oxygens (including phenoxy) is 1. The Morgan fingerprint density at radius 3 is 1.92 bits per heavy atom. The molecule has 0 unspecified atom stereocenters. The van der Waals surface area contributed by atoms with Crippen molar-refractivity contribution in [1.29, 1.82) is 0 Å². The van der Waals surface area contributed by atoms with E-state index in [1.165, 1.54) is 13.8 Å². The summed E-state index contributed by atoms with van der Waals surface area (Å²) in [7, 11) is -3.13. The minimum Gasteiger partial charge on any atom is -0.465 e. The van der Waals surface area contributed by atoms with Gasteiger partial charge in [-0.3, -0.25) is 14.2 Å². The number of rotatable bonds is 3. The van der Waals surface area contributed by atoms with Gasteiger partial charge in [-0.15, -0.1) is 0 Å². The summed E-state index contributed by atoms with van der Waals surface area (Å²) in [4.78, 5) is 34.6. The van der Waals surface area contributed by atoms with Crippen LogP contribution in [0.3, 0.4) is 0 Å². The summed E-state index contributed by atoms with van der Waals surface area (Å²) in [6.07, 6.45) is 0.319. The van der Waals surface area contributed by atoms with Crippen LogP contribution in [-0.4, -0.2) is 28.1 Å². The lowest BCUT2D eigenvalue weighted by molar-refractivity contribution is -0.141. The molecule has 13 heavy (non-hydrogen) atoms. The number of hydrogen-bond donors (Lipinski definition) is 2. The summed E-state index contributed by atoms with van der Waals surface area (Å²) in [5.41, 5.74) is 0. The minimum atomic E-state index is -3.13. The van der Waals surface area contributed by atoms with Crippen molar-refractivity contribution in [1.82, 2.24) is 0 Å². The smallest absolute Gasteiger partial charge is 0.314 e. The van der Waals surface area contributed by atoms with Gasteiger partial charge in [-0.1, -0.05) is 0 Å². The van der Waals surface area contributed by atoms with E-state index in [0.29, 0.717) is 6.42 Å². The number of hydrogen-bond acceptors (Lipinski definition) is 4. The van der Waals surface area contributed by atoms with Crippen LogP contribution in [0.2, 0.25) is 0 Å². The van der Waals surface area contributed by atoms with E-state index < -0.39 is 8.25 Å². The van der Waals surface area contributed by atoms with Crippen molar-refractivity contribution >= 4 is 20.0 Å². The molecule has 6 nitrogen and oxygen atoms in total. The van der Waals surface area contributed by atoms with Crippen LogP contribution in [0.25, 0.3) is 0 Å². The molecule has 0 saturated carbocycles. The third-order valence-corrected chi connectivity index (χ3v) is 0.759. The molecule has 0 amide bonds. The molecule has 78 valence electrons. The lowest BCUT2D eigenvalue weighted by Gasteiger charge is -1.96. The molecule has 2 N–H and O–H groups in total. The molecular weight excluding hydrogens is 199 g/mol. The van der Waals surface area contributed by atoms with Gasteiger partial charge in [0.15, 0.2) is 0 Å². The highest BCUT2D eigenvalue weighted by molar-refractivity contribution is 7.30. The van der Waals surface area contributed by atoms with Crippen LogP contribution < -0.4 is 0 Å². The quantitative estimate of drug-likeness (QED) is 0.500. The molecule has 0 saturated heterocycles. The largest absolute Gasteiger partial charge is 0.465 e. The molecule has 7 heteroatoms. The summed E-state index contributed by atoms with van der Waals surface area (Å²) in [6, 6.07) is 0. The molecule has 0 aliphatic carbocycles. The number of ketones is 1. The Hall–Kier alpha value is -0.710. The average Bonchev–Trinajstić information content (AvgIpc) is 1.83. The van der Waals surface area contributed by atoms with Crippen LogP contribution in [0.15, 0.2) is 0 Å². The van der Waals surface area contributed by atoms with Crippen LogP contribution in [0.1, 0.15) is 20.3 Å². The van der Waals surface area contributed by atoms with Gasteiger partial charge in [0.2, 0.25) is 0 Å². The maximum atomic E-state index is 10.2. The molecule has 0 bridgehead atoms. The normalized spacial score (nSPS) is 8.69. The van der Waals surface area contributed by atoms with Crippen molar-refractivity contribution < 1.29 is 28.7 Å². The molecule has 0 aromatic rings. The molecular formula is C6H13O6P. The van der Waals surface area contributed by atoms with E-state index in [4.69, 9.17) is 14.4 Å². The van der Waals surface area contributed by atoms with E-state index in [1.807, 2.05) is 0 Å². The average molecular weight is 212 g/mol. The van der Waals surface area contributed by atoms with E-state index in [9.17, 15) is 9.59 Å². The monoisotopic (exact) mass is 212 g/mol. The number of Topliss-reactive ketones (excluding diaryl/α,β-unsaturated/α-hetero) is 1. The van der Waals surface area contributed by atoms with Crippen molar-refractivity contribution in [2.45, 2.75) is 20.3 Å². The predicted molar refractivity (Wildman–Crippen MR) is 45.4 cm³/mol. The van der Waals surface area contributed by atoms with Crippen LogP contribution in [0.5, 0.6) is 0 Å². The zero-order chi connectivity index (χ0) is 10.9. The highest BCUT2D eigenvalue weighted by atomic mass is 31.1. The minimum absolute atomic E-state index is 0.0382. The third kappa shape index (κ3) is 34.8. The van der Waals surface area contributed by atoms with Crippen molar-refractivity contribution in [2.24, 2.45) is 0 Å². The van der Waals surface area contributed by atoms with Crippen molar-refractivity contribution in [3.8, 4) is 0 Å². The molecule has 0 aromatic carbocycles. The first-order valence-corrected chi connectivity index (χ1v) is 4.71. The van der Waals surface area contributed by atoms with Gasteiger partial charge in [0.1, 0.15) is 5.78 Å². The van der Waals surface area contributed by atoms with Crippen LogP contribution in [-0.2, 0) is 18.9 Å². The van der Waals surface area contributed by atoms with Gasteiger partial charge in [-0.2, -0.15) is 0 Å². The van der Waals surface area contributed by atoms with E-state index in [1.54, 1.807) is 0 Å². The summed E-state index contributed by atoms with van der Waals surface area (Å²) < 4.78 is 13.2. The van der Waals surface area contributed by atoms with Gasteiger partial charge >= 0.3 is 14.2 Å². The molecule has 0 heterocycles. The molecule has 0 fully saturated rings. The Bertz CT molecular complexity index is 172. The predicted octanol–water partition coefficient (Wildman–Crippen LogP) is -0.111. The van der Waals surface area contributed by atoms with Crippen LogP contribution in [0.4, 0.5) is 0 Å². The van der Waals surface area contributed by atoms with E-state index in [-0.39, 0.29) is 18.4 Å². The van der Waals surface area contributed by atoms with E-state index >= 15 is 0 Å². The standard InChI is InChI=1S/C6H10O3.H3O3P/c1-5(7)3-4-9-6(2)8;1-4(2)3/h3-4H2,1-2H3;4H,(H2,1,2,3). The fourth-order valence-corrected chi connectivity index (χ4v) is 0.338. The fraction of sp³-hybridized carbons (Fsp3) is 0.667. The first kappa shape index (κ1) is 14.8. The molecule has 0 rings (SSSR count). The molecule has 0 aliphatic heterocycles. The molecule has 0 radical (unpaired) electrons. The summed E-state index contributed by atoms with van der Waals surface area (Å²) in [6.45, 7) is 2.99. The second-order valence-corrected chi connectivity index (χ2v) is 2.64. The molecule has 0 aliphatic rings. The topological polar surface area (TPSA) is 101 Å². The Morgan fingerprint density at radius 1 is 1.31 bits per heavy atom. The molecule has 0 atom stereocenters. The lowest BCUT2D eigenvalue weighted by atomic mass is 10.3. The van der Waals surface area contributed by atoms with Gasteiger partial charge < -0.3 is 14.5 Å². The van der Waals surface area contributed by atoms with Crippen molar-refractivity contribution in [3.63, 3.8) is 0 Å². The number of carbonyl (C=O) groups excluding carboxylic acids is 2. The fourth-order valence-electron chi connectivity index (χ4n) is 0.338. The summed E-state index contributed by atoms with van der Waals surface area (Å²) in [5, 5.41) is 0. The van der Waals surface area contributed by atoms with Gasteiger partial charge in [0, 0.05) is 13.3 Å². The Labute approximate surface area is 76.5 Å². The Balaban J connectivity index is 0. The second kappa shape index (κ2) is 9.38. The Kier molecular flexibility index (Phi) is 10.7. The van der Waals surface area contributed by atoms with Crippen molar-refractivity contribution in [2.75, 3.05) is 6.61 Å². The highest BCUT2D eigenvalue weighted by Crippen LogP contribution is 1.98. The summed E-state index contributed by atoms with van der Waals surface area (Å²) in [5.74, 6) is -0.299. The summed E-state index contributed by atoms with van der Waals surface area (Å²) >= 11 is 0. The highest BCUT2D eigenvalue weighted by Gasteiger charge is 1.94. The van der Waals surface area contributed by atoms with Crippen molar-refractivity contribution in [3.05, 3.63) is 0 Å². The van der Waals surface area contributed by atoms with Gasteiger partial charge in [-0.05, 0) is 6.92 Å². The maximum Gasteiger partial charge on any atom is 0.314 e. The van der Waals surface area contributed by atoms with Gasteiger partial charge in [0.25, 0.3) is 0 Å². The van der Waals surface area contributed by atoms with Gasteiger partial charge in [-0.25, -0.2) is 0 Å². The second-order valence-electron chi connectivity index (χ2n) is 2.07. The lowest BCUT2D eigenvalue weighted by Crippen LogP contribution is -2.03. The maximum absolute atomic E-state index is 10.2. The Morgan fingerprint density at radius 2 is 1.69 bits per heavy atom. The van der Waals surface area contributed by atoms with E-state index in [2.05, 4.69) is 4.74 Å². The zero-order valence-corrected chi connectivity index (χ0v) is 8.44. The SMILES string of the molecule is CC(=O)CCOC(C)=O.O=[PH](O)O. The molecule has 0 spiro atoms. The number of carbonyl (C=O) groups is 2. The number of esters is 1.